The molecule has 190 valence electrons. The van der Waals surface area contributed by atoms with Gasteiger partial charge in [0.15, 0.2) is 12.4 Å². The molecule has 3 rings (SSSR count). The summed E-state index contributed by atoms with van der Waals surface area (Å²) in [6.45, 7) is 4.27. The fourth-order valence-electron chi connectivity index (χ4n) is 3.53. The van der Waals surface area contributed by atoms with Crippen LogP contribution in [-0.2, 0) is 40.3 Å². The van der Waals surface area contributed by atoms with Gasteiger partial charge in [-0.3, -0.25) is 14.4 Å². The Bertz CT molecular complexity index is 1340. The summed E-state index contributed by atoms with van der Waals surface area (Å²) in [5.41, 5.74) is -0.0888. The average Bonchev–Trinajstić information content (AvgIpc) is 2.81. The SMILES string of the molecule is CC(C)(C)OC(=O)CC(NS(=O)(=O)c1ccccc1)C(=O)COC(=O)Cc1cccc2ccccc12. The number of benzene rings is 3. The number of fused-ring (bicyclic) bond motifs is 1. The van der Waals surface area contributed by atoms with E-state index < -0.39 is 52.4 Å². The Morgan fingerprint density at radius 3 is 2.19 bits per heavy atom. The van der Waals surface area contributed by atoms with Gasteiger partial charge in [0, 0.05) is 0 Å². The zero-order valence-corrected chi connectivity index (χ0v) is 21.2. The van der Waals surface area contributed by atoms with Crippen molar-refractivity contribution in [3.63, 3.8) is 0 Å². The van der Waals surface area contributed by atoms with Gasteiger partial charge in [-0.25, -0.2) is 8.42 Å². The van der Waals surface area contributed by atoms with E-state index in [0.29, 0.717) is 0 Å². The molecule has 0 amide bonds. The number of rotatable bonds is 10. The molecule has 9 heteroatoms. The van der Waals surface area contributed by atoms with Crippen LogP contribution in [0.5, 0.6) is 0 Å². The second kappa shape index (κ2) is 11.5. The minimum absolute atomic E-state index is 0.0683. The fraction of sp³-hybridized carbons (Fsp3) is 0.296. The molecule has 1 N–H and O–H groups in total. The summed E-state index contributed by atoms with van der Waals surface area (Å²) in [6, 6.07) is 19.1. The highest BCUT2D eigenvalue weighted by molar-refractivity contribution is 7.89. The standard InChI is InChI=1S/C27H29NO7S/c1-27(2,3)35-26(31)17-23(28-36(32,33)21-13-5-4-6-14-21)24(29)18-34-25(30)16-20-12-9-11-19-10-7-8-15-22(19)20/h4-15,23,28H,16-18H2,1-3H3. The lowest BCUT2D eigenvalue weighted by molar-refractivity contribution is -0.156. The molecule has 3 aromatic carbocycles. The molecule has 8 nitrogen and oxygen atoms in total. The minimum Gasteiger partial charge on any atom is -0.460 e. The van der Waals surface area contributed by atoms with E-state index in [1.54, 1.807) is 32.9 Å². The molecule has 0 radical (unpaired) electrons. The van der Waals surface area contributed by atoms with Gasteiger partial charge in [0.05, 0.1) is 23.8 Å². The van der Waals surface area contributed by atoms with Crippen molar-refractivity contribution in [1.82, 2.24) is 4.72 Å². The number of Topliss-reactive ketones (excluding diaryl/α,β-unsaturated/α-hetero) is 1. The summed E-state index contributed by atoms with van der Waals surface area (Å²) >= 11 is 0. The first-order chi connectivity index (χ1) is 16.9. The fourth-order valence-corrected chi connectivity index (χ4v) is 4.77. The van der Waals surface area contributed by atoms with Crippen molar-refractivity contribution in [1.29, 1.82) is 0 Å². The van der Waals surface area contributed by atoms with Crippen molar-refractivity contribution < 1.29 is 32.3 Å². The second-order valence-corrected chi connectivity index (χ2v) is 10.9. The van der Waals surface area contributed by atoms with E-state index in [9.17, 15) is 22.8 Å². The number of carbonyl (C=O) groups is 3. The Hall–Kier alpha value is -3.56. The number of nitrogens with one attached hydrogen (secondary N) is 1. The molecular weight excluding hydrogens is 482 g/mol. The van der Waals surface area contributed by atoms with Crippen molar-refractivity contribution in [2.75, 3.05) is 6.61 Å². The van der Waals surface area contributed by atoms with Crippen molar-refractivity contribution in [3.05, 3.63) is 78.4 Å². The van der Waals surface area contributed by atoms with Crippen LogP contribution in [-0.4, -0.2) is 44.4 Å². The van der Waals surface area contributed by atoms with Crippen LogP contribution in [0.3, 0.4) is 0 Å². The van der Waals surface area contributed by atoms with Gasteiger partial charge in [-0.2, -0.15) is 4.72 Å². The third-order valence-corrected chi connectivity index (χ3v) is 6.61. The summed E-state index contributed by atoms with van der Waals surface area (Å²) in [4.78, 5) is 37.7. The highest BCUT2D eigenvalue weighted by atomic mass is 32.2. The molecule has 0 aliphatic carbocycles. The molecular formula is C27H29NO7S. The summed E-state index contributed by atoms with van der Waals surface area (Å²) in [5.74, 6) is -2.19. The predicted octanol–water partition coefficient (Wildman–Crippen LogP) is 3.57. The zero-order valence-electron chi connectivity index (χ0n) is 20.4. The van der Waals surface area contributed by atoms with Crippen LogP contribution in [0.4, 0.5) is 0 Å². The van der Waals surface area contributed by atoms with Crippen LogP contribution < -0.4 is 4.72 Å². The van der Waals surface area contributed by atoms with Crippen molar-refractivity contribution >= 4 is 38.5 Å². The number of ether oxygens (including phenoxy) is 2. The minimum atomic E-state index is -4.12. The van der Waals surface area contributed by atoms with Gasteiger partial charge < -0.3 is 9.47 Å². The number of sulfonamides is 1. The van der Waals surface area contributed by atoms with Gasteiger partial charge in [0.25, 0.3) is 0 Å². The van der Waals surface area contributed by atoms with Crippen LogP contribution in [0.15, 0.2) is 77.7 Å². The van der Waals surface area contributed by atoms with E-state index in [4.69, 9.17) is 9.47 Å². The molecule has 3 aromatic rings. The third-order valence-electron chi connectivity index (χ3n) is 5.12. The zero-order chi connectivity index (χ0) is 26.3. The van der Waals surface area contributed by atoms with Gasteiger partial charge in [-0.1, -0.05) is 60.7 Å². The van der Waals surface area contributed by atoms with Gasteiger partial charge in [0.2, 0.25) is 10.0 Å². The number of hydrogen-bond donors (Lipinski definition) is 1. The molecule has 0 heterocycles. The van der Waals surface area contributed by atoms with Crippen molar-refractivity contribution in [2.24, 2.45) is 0 Å². The first-order valence-electron chi connectivity index (χ1n) is 11.4. The lowest BCUT2D eigenvalue weighted by Crippen LogP contribution is -2.45. The summed E-state index contributed by atoms with van der Waals surface area (Å²) in [5, 5.41) is 1.85. The Labute approximate surface area is 210 Å². The molecule has 0 spiro atoms. The Balaban J connectivity index is 1.70. The lowest BCUT2D eigenvalue weighted by Gasteiger charge is -2.22. The van der Waals surface area contributed by atoms with Crippen LogP contribution in [0.1, 0.15) is 32.8 Å². The molecule has 1 unspecified atom stereocenters. The van der Waals surface area contributed by atoms with E-state index >= 15 is 0 Å². The first-order valence-corrected chi connectivity index (χ1v) is 12.9. The summed E-state index contributed by atoms with van der Waals surface area (Å²) in [7, 11) is -4.12. The predicted molar refractivity (Wildman–Crippen MR) is 135 cm³/mol. The maximum absolute atomic E-state index is 12.9. The van der Waals surface area contributed by atoms with Gasteiger partial charge >= 0.3 is 11.9 Å². The first kappa shape index (κ1) is 27.0. The number of hydrogen-bond acceptors (Lipinski definition) is 7. The smallest absolute Gasteiger partial charge is 0.310 e. The highest BCUT2D eigenvalue weighted by Gasteiger charge is 2.30. The van der Waals surface area contributed by atoms with E-state index in [-0.39, 0.29) is 11.3 Å². The third kappa shape index (κ3) is 7.73. The molecule has 0 saturated heterocycles. The van der Waals surface area contributed by atoms with Gasteiger partial charge in [-0.05, 0) is 49.2 Å². The van der Waals surface area contributed by atoms with Gasteiger partial charge in [-0.15, -0.1) is 0 Å². The maximum atomic E-state index is 12.9. The summed E-state index contributed by atoms with van der Waals surface area (Å²) in [6.07, 6.45) is -0.621. The average molecular weight is 512 g/mol. The van der Waals surface area contributed by atoms with E-state index in [2.05, 4.69) is 4.72 Å². The molecule has 0 saturated carbocycles. The van der Waals surface area contributed by atoms with Crippen LogP contribution >= 0.6 is 0 Å². The Morgan fingerprint density at radius 1 is 0.861 bits per heavy atom. The molecule has 0 fully saturated rings. The number of ketones is 1. The quantitative estimate of drug-likeness (QED) is 0.414. The molecule has 0 aliphatic rings. The molecule has 0 aromatic heterocycles. The topological polar surface area (TPSA) is 116 Å². The second-order valence-electron chi connectivity index (χ2n) is 9.22. The number of carbonyl (C=O) groups excluding carboxylic acids is 3. The van der Waals surface area contributed by atoms with E-state index in [1.807, 2.05) is 36.4 Å². The monoisotopic (exact) mass is 511 g/mol. The molecule has 36 heavy (non-hydrogen) atoms. The highest BCUT2D eigenvalue weighted by Crippen LogP contribution is 2.19. The normalized spacial score (nSPS) is 12.6. The molecule has 1 atom stereocenters. The van der Waals surface area contributed by atoms with E-state index in [1.165, 1.54) is 24.3 Å². The lowest BCUT2D eigenvalue weighted by atomic mass is 10.0. The van der Waals surface area contributed by atoms with Gasteiger partial charge in [0.1, 0.15) is 5.60 Å². The molecule has 0 bridgehead atoms. The van der Waals surface area contributed by atoms with E-state index in [0.717, 1.165) is 16.3 Å². The maximum Gasteiger partial charge on any atom is 0.310 e. The number of esters is 2. The Morgan fingerprint density at radius 2 is 1.50 bits per heavy atom. The van der Waals surface area contributed by atoms with Crippen LogP contribution in [0.25, 0.3) is 10.8 Å². The Kier molecular flexibility index (Phi) is 8.60. The van der Waals surface area contributed by atoms with Crippen molar-refractivity contribution in [3.8, 4) is 0 Å². The van der Waals surface area contributed by atoms with Crippen molar-refractivity contribution in [2.45, 2.75) is 50.2 Å². The molecule has 0 aliphatic heterocycles. The van der Waals surface area contributed by atoms with Crippen LogP contribution in [0.2, 0.25) is 0 Å². The van der Waals surface area contributed by atoms with Crippen LogP contribution in [0, 0.1) is 0 Å². The summed E-state index contributed by atoms with van der Waals surface area (Å²) < 4.78 is 38.3. The largest absolute Gasteiger partial charge is 0.460 e.